The summed E-state index contributed by atoms with van der Waals surface area (Å²) >= 11 is 3.42. The smallest absolute Gasteiger partial charge is 0.0731 e. The Morgan fingerprint density at radius 3 is 3.00 bits per heavy atom. The Balaban J connectivity index is 1.98. The van der Waals surface area contributed by atoms with E-state index in [1.807, 2.05) is 12.3 Å². The minimum Gasteiger partial charge on any atom is -0.377 e. The summed E-state index contributed by atoms with van der Waals surface area (Å²) in [6.07, 6.45) is 6.77. The van der Waals surface area contributed by atoms with Crippen LogP contribution in [0.2, 0.25) is 0 Å². The summed E-state index contributed by atoms with van der Waals surface area (Å²) in [7, 11) is 0. The van der Waals surface area contributed by atoms with Crippen LogP contribution >= 0.6 is 15.9 Å². The van der Waals surface area contributed by atoms with Crippen LogP contribution in [0.4, 0.5) is 0 Å². The molecule has 1 aromatic heterocycles. The lowest BCUT2D eigenvalue weighted by Gasteiger charge is -2.31. The lowest BCUT2D eigenvalue weighted by Crippen LogP contribution is -2.44. The number of rotatable bonds is 5. The molecule has 100 valence electrons. The average Bonchev–Trinajstić information content (AvgIpc) is 2.42. The second-order valence-corrected chi connectivity index (χ2v) is 5.66. The summed E-state index contributed by atoms with van der Waals surface area (Å²) in [5, 5.41) is 3.54. The molecule has 0 aliphatic carbocycles. The predicted molar refractivity (Wildman–Crippen MR) is 76.7 cm³/mol. The van der Waals surface area contributed by atoms with E-state index in [1.54, 1.807) is 0 Å². The molecule has 1 N–H and O–H groups in total. The van der Waals surface area contributed by atoms with E-state index in [0.29, 0.717) is 12.1 Å². The first-order chi connectivity index (χ1) is 8.79. The molecule has 18 heavy (non-hydrogen) atoms. The quantitative estimate of drug-likeness (QED) is 0.907. The Labute approximate surface area is 117 Å². The Morgan fingerprint density at radius 1 is 1.50 bits per heavy atom. The molecule has 2 rings (SSSR count). The maximum absolute atomic E-state index is 5.89. The van der Waals surface area contributed by atoms with Crippen molar-refractivity contribution in [1.29, 1.82) is 0 Å². The van der Waals surface area contributed by atoms with E-state index in [9.17, 15) is 0 Å². The van der Waals surface area contributed by atoms with E-state index in [2.05, 4.69) is 39.2 Å². The molecule has 2 heterocycles. The van der Waals surface area contributed by atoms with Crippen LogP contribution in [0.25, 0.3) is 0 Å². The Kier molecular flexibility index (Phi) is 5.60. The third-order valence-electron chi connectivity index (χ3n) is 3.35. The molecule has 1 aliphatic heterocycles. The molecular weight excluding hydrogens is 292 g/mol. The van der Waals surface area contributed by atoms with Crippen molar-refractivity contribution in [1.82, 2.24) is 10.3 Å². The SMILES string of the molecule is CCNC(Cc1ccc(Br)cn1)C1CCCCO1. The highest BCUT2D eigenvalue weighted by Gasteiger charge is 2.24. The molecule has 0 spiro atoms. The largest absolute Gasteiger partial charge is 0.377 e. The zero-order chi connectivity index (χ0) is 12.8. The molecule has 0 saturated carbocycles. The van der Waals surface area contributed by atoms with Crippen molar-refractivity contribution >= 4 is 15.9 Å². The molecule has 2 atom stereocenters. The average molecular weight is 313 g/mol. The maximum atomic E-state index is 5.89. The van der Waals surface area contributed by atoms with E-state index in [4.69, 9.17) is 4.74 Å². The number of hydrogen-bond donors (Lipinski definition) is 1. The lowest BCUT2D eigenvalue weighted by atomic mass is 9.98. The number of likely N-dealkylation sites (N-methyl/N-ethyl adjacent to an activating group) is 1. The molecule has 0 radical (unpaired) electrons. The van der Waals surface area contributed by atoms with Gasteiger partial charge in [-0.25, -0.2) is 0 Å². The van der Waals surface area contributed by atoms with Gasteiger partial charge in [0.25, 0.3) is 0 Å². The van der Waals surface area contributed by atoms with Crippen LogP contribution in [0.1, 0.15) is 31.9 Å². The zero-order valence-corrected chi connectivity index (χ0v) is 12.4. The van der Waals surface area contributed by atoms with Crippen LogP contribution in [0, 0.1) is 0 Å². The van der Waals surface area contributed by atoms with E-state index >= 15 is 0 Å². The van der Waals surface area contributed by atoms with Crippen molar-refractivity contribution in [3.05, 3.63) is 28.5 Å². The summed E-state index contributed by atoms with van der Waals surface area (Å²) in [6, 6.07) is 4.51. The van der Waals surface area contributed by atoms with Crippen molar-refractivity contribution in [3.63, 3.8) is 0 Å². The fourth-order valence-corrected chi connectivity index (χ4v) is 2.67. The molecule has 4 heteroatoms. The number of hydrogen-bond acceptors (Lipinski definition) is 3. The van der Waals surface area contributed by atoms with Crippen LogP contribution in [-0.4, -0.2) is 30.3 Å². The second-order valence-electron chi connectivity index (χ2n) is 4.74. The minimum atomic E-state index is 0.337. The van der Waals surface area contributed by atoms with Crippen molar-refractivity contribution in [2.75, 3.05) is 13.2 Å². The Morgan fingerprint density at radius 2 is 2.39 bits per heavy atom. The van der Waals surface area contributed by atoms with Gasteiger partial charge in [-0.15, -0.1) is 0 Å². The molecule has 3 nitrogen and oxygen atoms in total. The monoisotopic (exact) mass is 312 g/mol. The van der Waals surface area contributed by atoms with Gasteiger partial charge in [0.1, 0.15) is 0 Å². The highest BCUT2D eigenvalue weighted by molar-refractivity contribution is 9.10. The first kappa shape index (κ1) is 14.0. The lowest BCUT2D eigenvalue weighted by molar-refractivity contribution is -0.00727. The Hall–Kier alpha value is -0.450. The van der Waals surface area contributed by atoms with Crippen LogP contribution < -0.4 is 5.32 Å². The number of ether oxygens (including phenoxy) is 1. The van der Waals surface area contributed by atoms with E-state index in [0.717, 1.165) is 36.2 Å². The standard InChI is InChI=1S/C14H21BrN2O/c1-2-16-13(14-5-3-4-8-18-14)9-12-7-6-11(15)10-17-12/h6-7,10,13-14,16H,2-5,8-9H2,1H3. The molecule has 1 saturated heterocycles. The molecule has 1 fully saturated rings. The zero-order valence-electron chi connectivity index (χ0n) is 10.9. The van der Waals surface area contributed by atoms with Gasteiger partial charge < -0.3 is 10.1 Å². The van der Waals surface area contributed by atoms with Crippen LogP contribution in [0.15, 0.2) is 22.8 Å². The molecule has 0 bridgehead atoms. The van der Waals surface area contributed by atoms with Gasteiger partial charge in [0.2, 0.25) is 0 Å². The normalized spacial score (nSPS) is 21.8. The fraction of sp³-hybridized carbons (Fsp3) is 0.643. The number of pyridine rings is 1. The van der Waals surface area contributed by atoms with Gasteiger partial charge in [-0.2, -0.15) is 0 Å². The molecular formula is C14H21BrN2O. The summed E-state index contributed by atoms with van der Waals surface area (Å²) in [6.45, 7) is 4.02. The van der Waals surface area contributed by atoms with Gasteiger partial charge in [0.15, 0.2) is 0 Å². The summed E-state index contributed by atoms with van der Waals surface area (Å²) in [4.78, 5) is 4.45. The highest BCUT2D eigenvalue weighted by Crippen LogP contribution is 2.18. The van der Waals surface area contributed by atoms with Crippen LogP contribution in [0.5, 0.6) is 0 Å². The molecule has 0 aromatic carbocycles. The summed E-state index contributed by atoms with van der Waals surface area (Å²) in [5.74, 6) is 0. The Bertz CT molecular complexity index is 349. The molecule has 0 amide bonds. The first-order valence-electron chi connectivity index (χ1n) is 6.75. The van der Waals surface area contributed by atoms with Gasteiger partial charge in [-0.1, -0.05) is 6.92 Å². The van der Waals surface area contributed by atoms with Crippen molar-refractivity contribution in [2.45, 2.75) is 44.8 Å². The minimum absolute atomic E-state index is 0.337. The number of halogens is 1. The van der Waals surface area contributed by atoms with Gasteiger partial charge in [-0.3, -0.25) is 4.98 Å². The van der Waals surface area contributed by atoms with Gasteiger partial charge in [0, 0.05) is 35.4 Å². The summed E-state index contributed by atoms with van der Waals surface area (Å²) in [5.41, 5.74) is 1.12. The summed E-state index contributed by atoms with van der Waals surface area (Å²) < 4.78 is 6.92. The van der Waals surface area contributed by atoms with Crippen molar-refractivity contribution in [3.8, 4) is 0 Å². The van der Waals surface area contributed by atoms with Crippen molar-refractivity contribution < 1.29 is 4.74 Å². The molecule has 1 aliphatic rings. The maximum Gasteiger partial charge on any atom is 0.0731 e. The van der Waals surface area contributed by atoms with Gasteiger partial charge in [0.05, 0.1) is 6.10 Å². The van der Waals surface area contributed by atoms with Crippen molar-refractivity contribution in [2.24, 2.45) is 0 Å². The fourth-order valence-electron chi connectivity index (χ4n) is 2.43. The topological polar surface area (TPSA) is 34.2 Å². The third kappa shape index (κ3) is 4.04. The first-order valence-corrected chi connectivity index (χ1v) is 7.54. The van der Waals surface area contributed by atoms with E-state index in [1.165, 1.54) is 12.8 Å². The van der Waals surface area contributed by atoms with E-state index in [-0.39, 0.29) is 0 Å². The number of aromatic nitrogens is 1. The van der Waals surface area contributed by atoms with Gasteiger partial charge >= 0.3 is 0 Å². The van der Waals surface area contributed by atoms with Gasteiger partial charge in [-0.05, 0) is 53.9 Å². The predicted octanol–water partition coefficient (Wildman–Crippen LogP) is 2.93. The highest BCUT2D eigenvalue weighted by atomic mass is 79.9. The third-order valence-corrected chi connectivity index (χ3v) is 3.82. The molecule has 2 unspecified atom stereocenters. The second kappa shape index (κ2) is 7.22. The number of nitrogens with zero attached hydrogens (tertiary/aromatic N) is 1. The van der Waals surface area contributed by atoms with Crippen LogP contribution in [0.3, 0.4) is 0 Å². The van der Waals surface area contributed by atoms with Crippen LogP contribution in [-0.2, 0) is 11.2 Å². The van der Waals surface area contributed by atoms with E-state index < -0.39 is 0 Å². The number of nitrogens with one attached hydrogen (secondary N) is 1. The molecule has 1 aromatic rings.